The van der Waals surface area contributed by atoms with Gasteiger partial charge >= 0.3 is 6.09 Å². The Hall–Kier alpha value is -1.91. The van der Waals surface area contributed by atoms with Gasteiger partial charge in [0.2, 0.25) is 0 Å². The van der Waals surface area contributed by atoms with E-state index in [0.29, 0.717) is 0 Å². The molecule has 1 aromatic carbocycles. The number of nitrogens with one attached hydrogen (secondary N) is 1. The SMILES string of the molecule is CNC(=O)OC.Oc1ccccc1O. The van der Waals surface area contributed by atoms with E-state index in [1.54, 1.807) is 12.1 Å². The van der Waals surface area contributed by atoms with Gasteiger partial charge in [-0.05, 0) is 12.1 Å². The van der Waals surface area contributed by atoms with Crippen LogP contribution in [0.2, 0.25) is 0 Å². The minimum absolute atomic E-state index is 0.0764. The second-order valence-electron chi connectivity index (χ2n) is 2.23. The number of amides is 1. The Labute approximate surface area is 81.9 Å². The molecule has 0 saturated heterocycles. The van der Waals surface area contributed by atoms with Gasteiger partial charge in [0, 0.05) is 7.05 Å². The number of rotatable bonds is 0. The van der Waals surface area contributed by atoms with E-state index in [1.165, 1.54) is 26.3 Å². The molecule has 0 aromatic heterocycles. The number of carbonyl (C=O) groups excluding carboxylic acids is 1. The number of aromatic hydroxyl groups is 2. The highest BCUT2D eigenvalue weighted by Gasteiger charge is 1.90. The van der Waals surface area contributed by atoms with Crippen LogP contribution in [0.15, 0.2) is 24.3 Å². The van der Waals surface area contributed by atoms with Crippen molar-refractivity contribution in [1.29, 1.82) is 0 Å². The lowest BCUT2D eigenvalue weighted by atomic mass is 10.3. The third-order valence-electron chi connectivity index (χ3n) is 1.27. The molecule has 0 fully saturated rings. The molecule has 0 aliphatic rings. The smallest absolute Gasteiger partial charge is 0.406 e. The second-order valence-corrected chi connectivity index (χ2v) is 2.23. The number of benzene rings is 1. The fraction of sp³-hybridized carbons (Fsp3) is 0.222. The standard InChI is InChI=1S/C6H6O2.C3H7NO2/c7-5-3-1-2-4-6(5)8;1-4-3(5)6-2/h1-4,7-8H;1-2H3,(H,4,5). The molecule has 5 heteroatoms. The Morgan fingerprint density at radius 2 is 1.71 bits per heavy atom. The Morgan fingerprint density at radius 1 is 1.29 bits per heavy atom. The highest BCUT2D eigenvalue weighted by atomic mass is 16.5. The Balaban J connectivity index is 0.000000255. The fourth-order valence-electron chi connectivity index (χ4n) is 0.566. The van der Waals surface area contributed by atoms with Gasteiger partial charge in [-0.25, -0.2) is 4.79 Å². The van der Waals surface area contributed by atoms with Gasteiger partial charge in [-0.2, -0.15) is 0 Å². The number of para-hydroxylation sites is 2. The van der Waals surface area contributed by atoms with E-state index in [1.807, 2.05) is 0 Å². The molecule has 0 saturated carbocycles. The predicted molar refractivity (Wildman–Crippen MR) is 51.2 cm³/mol. The van der Waals surface area contributed by atoms with Gasteiger partial charge in [-0.1, -0.05) is 12.1 Å². The first-order valence-electron chi connectivity index (χ1n) is 3.84. The molecule has 0 atom stereocenters. The number of methoxy groups -OCH3 is 1. The van der Waals surface area contributed by atoms with Gasteiger partial charge in [-0.15, -0.1) is 0 Å². The maximum atomic E-state index is 9.85. The quantitative estimate of drug-likeness (QED) is 0.546. The zero-order valence-corrected chi connectivity index (χ0v) is 8.02. The number of hydrogen-bond acceptors (Lipinski definition) is 4. The molecule has 3 N–H and O–H groups in total. The molecule has 0 spiro atoms. The van der Waals surface area contributed by atoms with Crippen molar-refractivity contribution >= 4 is 6.09 Å². The van der Waals surface area contributed by atoms with Gasteiger partial charge in [0.1, 0.15) is 0 Å². The zero-order chi connectivity index (χ0) is 11.0. The van der Waals surface area contributed by atoms with Crippen molar-refractivity contribution < 1.29 is 19.7 Å². The maximum Gasteiger partial charge on any atom is 0.406 e. The highest BCUT2D eigenvalue weighted by molar-refractivity contribution is 5.66. The van der Waals surface area contributed by atoms with Crippen LogP contribution in [0.4, 0.5) is 4.79 Å². The Kier molecular flexibility index (Phi) is 5.69. The summed E-state index contributed by atoms with van der Waals surface area (Å²) in [5.74, 6) is -0.153. The summed E-state index contributed by atoms with van der Waals surface area (Å²) >= 11 is 0. The fourth-order valence-corrected chi connectivity index (χ4v) is 0.566. The van der Waals surface area contributed by atoms with Gasteiger partial charge in [0.25, 0.3) is 0 Å². The molecule has 78 valence electrons. The molecule has 1 rings (SSSR count). The number of phenolic OH excluding ortho intramolecular Hbond substituents is 2. The molecular weight excluding hydrogens is 186 g/mol. The first-order valence-corrected chi connectivity index (χ1v) is 3.84. The van der Waals surface area contributed by atoms with Crippen molar-refractivity contribution in [2.75, 3.05) is 14.2 Å². The molecule has 0 aliphatic carbocycles. The van der Waals surface area contributed by atoms with E-state index in [-0.39, 0.29) is 11.5 Å². The summed E-state index contributed by atoms with van der Waals surface area (Å²) in [5.41, 5.74) is 0. The predicted octanol–water partition coefficient (Wildman–Crippen LogP) is 1.07. The van der Waals surface area contributed by atoms with Crippen molar-refractivity contribution in [2.24, 2.45) is 0 Å². The van der Waals surface area contributed by atoms with E-state index < -0.39 is 6.09 Å². The summed E-state index contributed by atoms with van der Waals surface area (Å²) in [6.45, 7) is 0. The van der Waals surface area contributed by atoms with Crippen LogP contribution in [0, 0.1) is 0 Å². The monoisotopic (exact) mass is 199 g/mol. The molecule has 5 nitrogen and oxygen atoms in total. The van der Waals surface area contributed by atoms with Crippen molar-refractivity contribution in [3.05, 3.63) is 24.3 Å². The van der Waals surface area contributed by atoms with Gasteiger partial charge in [0.05, 0.1) is 7.11 Å². The van der Waals surface area contributed by atoms with Crippen LogP contribution in [0.5, 0.6) is 11.5 Å². The number of carbonyl (C=O) groups is 1. The van der Waals surface area contributed by atoms with Gasteiger partial charge < -0.3 is 20.3 Å². The van der Waals surface area contributed by atoms with Crippen LogP contribution in [-0.4, -0.2) is 30.5 Å². The molecule has 0 heterocycles. The first-order chi connectivity index (χ1) is 6.61. The Morgan fingerprint density at radius 3 is 1.86 bits per heavy atom. The molecule has 0 bridgehead atoms. The molecule has 0 aliphatic heterocycles. The largest absolute Gasteiger partial charge is 0.504 e. The summed E-state index contributed by atoms with van der Waals surface area (Å²) in [5, 5.41) is 19.6. The minimum Gasteiger partial charge on any atom is -0.504 e. The molecule has 14 heavy (non-hydrogen) atoms. The normalized spacial score (nSPS) is 8.14. The van der Waals surface area contributed by atoms with Gasteiger partial charge in [0.15, 0.2) is 11.5 Å². The topological polar surface area (TPSA) is 78.8 Å². The first kappa shape index (κ1) is 12.1. The molecule has 1 amide bonds. The molecular formula is C9H13NO4. The van der Waals surface area contributed by atoms with Crippen LogP contribution < -0.4 is 5.32 Å². The van der Waals surface area contributed by atoms with Crippen molar-refractivity contribution in [3.63, 3.8) is 0 Å². The third kappa shape index (κ3) is 4.87. The van der Waals surface area contributed by atoms with Crippen LogP contribution in [0.3, 0.4) is 0 Å². The second kappa shape index (κ2) is 6.59. The van der Waals surface area contributed by atoms with Crippen LogP contribution in [0.25, 0.3) is 0 Å². The van der Waals surface area contributed by atoms with Crippen LogP contribution in [0.1, 0.15) is 0 Å². The summed E-state index contributed by atoms with van der Waals surface area (Å²) in [6.07, 6.45) is -0.407. The van der Waals surface area contributed by atoms with Crippen LogP contribution >= 0.6 is 0 Å². The lowest BCUT2D eigenvalue weighted by Gasteiger charge is -1.91. The Bertz CT molecular complexity index is 261. The summed E-state index contributed by atoms with van der Waals surface area (Å²) in [4.78, 5) is 9.85. The number of alkyl carbamates (subject to hydrolysis) is 1. The lowest BCUT2D eigenvalue weighted by Crippen LogP contribution is -2.16. The van der Waals surface area contributed by atoms with Crippen molar-refractivity contribution in [3.8, 4) is 11.5 Å². The average molecular weight is 199 g/mol. The van der Waals surface area contributed by atoms with Crippen molar-refractivity contribution in [2.45, 2.75) is 0 Å². The molecule has 1 aromatic rings. The summed E-state index contributed by atoms with van der Waals surface area (Å²) in [6, 6.07) is 6.15. The number of ether oxygens (including phenoxy) is 1. The molecule has 0 radical (unpaired) electrons. The molecule has 0 unspecified atom stereocenters. The number of hydrogen-bond donors (Lipinski definition) is 3. The third-order valence-corrected chi connectivity index (χ3v) is 1.27. The lowest BCUT2D eigenvalue weighted by molar-refractivity contribution is 0.173. The summed E-state index contributed by atoms with van der Waals surface area (Å²) in [7, 11) is 2.82. The zero-order valence-electron chi connectivity index (χ0n) is 8.02. The number of phenols is 2. The van der Waals surface area contributed by atoms with E-state index in [2.05, 4.69) is 10.1 Å². The van der Waals surface area contributed by atoms with Crippen LogP contribution in [-0.2, 0) is 4.74 Å². The van der Waals surface area contributed by atoms with E-state index in [0.717, 1.165) is 0 Å². The van der Waals surface area contributed by atoms with E-state index >= 15 is 0 Å². The van der Waals surface area contributed by atoms with Crippen molar-refractivity contribution in [1.82, 2.24) is 5.32 Å². The highest BCUT2D eigenvalue weighted by Crippen LogP contribution is 2.21. The summed E-state index contributed by atoms with van der Waals surface area (Å²) < 4.78 is 4.15. The maximum absolute atomic E-state index is 9.85. The van der Waals surface area contributed by atoms with E-state index in [9.17, 15) is 4.79 Å². The minimum atomic E-state index is -0.407. The van der Waals surface area contributed by atoms with E-state index in [4.69, 9.17) is 10.2 Å². The average Bonchev–Trinajstić information content (AvgIpc) is 2.22. The van der Waals surface area contributed by atoms with Gasteiger partial charge in [-0.3, -0.25) is 0 Å².